The molecule has 1 aliphatic rings. The number of nitrogens with one attached hydrogen (secondary N) is 4. The molecule has 4 N–H and O–H groups in total. The number of halogens is 2. The fourth-order valence-corrected chi connectivity index (χ4v) is 3.69. The summed E-state index contributed by atoms with van der Waals surface area (Å²) in [7, 11) is 0. The van der Waals surface area contributed by atoms with Crippen molar-refractivity contribution in [2.45, 2.75) is 38.4 Å². The summed E-state index contributed by atoms with van der Waals surface area (Å²) in [6.07, 6.45) is 6.35. The van der Waals surface area contributed by atoms with Crippen molar-refractivity contribution >= 4 is 17.6 Å². The van der Waals surface area contributed by atoms with Crippen LogP contribution in [0, 0.1) is 5.41 Å². The van der Waals surface area contributed by atoms with E-state index in [0.29, 0.717) is 17.2 Å². The Kier molecular flexibility index (Phi) is 5.85. The minimum Gasteiger partial charge on any atom is -0.350 e. The number of H-pyrrole nitrogens is 2. The van der Waals surface area contributed by atoms with Gasteiger partial charge < -0.3 is 15.2 Å². The standard InChI is InChI=1S/C20H23F2N9/c1-11-9-31(12(2)19(29-11)13-6-27-28-7-13)18-5-15(25-10-26-18)16-8-24-17(30-16)4-3-14(23)20(21)22/h3-8,10-12,19-20,23,29H,9H2,1-2H3,(H,24,30)(H,27,28)/b4-3-,23-14?. The number of hydrogen-bond donors (Lipinski definition) is 4. The topological polar surface area (TPSA) is 122 Å². The van der Waals surface area contributed by atoms with Gasteiger partial charge in [-0.3, -0.25) is 10.5 Å². The van der Waals surface area contributed by atoms with Gasteiger partial charge in [0.05, 0.1) is 35.5 Å². The lowest BCUT2D eigenvalue weighted by atomic mass is 9.97. The first kappa shape index (κ1) is 20.8. The average Bonchev–Trinajstić information content (AvgIpc) is 3.45. The Hall–Kier alpha value is -3.47. The molecule has 0 aromatic carbocycles. The molecule has 9 nitrogen and oxygen atoms in total. The molecule has 0 radical (unpaired) electrons. The maximum atomic E-state index is 12.5. The highest BCUT2D eigenvalue weighted by atomic mass is 19.3. The third-order valence-corrected chi connectivity index (χ3v) is 5.26. The molecular formula is C20H23F2N9. The smallest absolute Gasteiger partial charge is 0.279 e. The first-order valence-corrected chi connectivity index (χ1v) is 9.86. The third kappa shape index (κ3) is 4.50. The highest BCUT2D eigenvalue weighted by Gasteiger charge is 2.33. The van der Waals surface area contributed by atoms with Crippen LogP contribution in [0.3, 0.4) is 0 Å². The molecule has 3 atom stereocenters. The van der Waals surface area contributed by atoms with Gasteiger partial charge in [-0.1, -0.05) is 0 Å². The summed E-state index contributed by atoms with van der Waals surface area (Å²) in [6, 6.07) is 2.33. The number of allylic oxidation sites excluding steroid dienone is 1. The van der Waals surface area contributed by atoms with Gasteiger partial charge in [0, 0.05) is 36.5 Å². The van der Waals surface area contributed by atoms with E-state index in [1.807, 2.05) is 18.5 Å². The van der Waals surface area contributed by atoms with Gasteiger partial charge >= 0.3 is 0 Å². The van der Waals surface area contributed by atoms with Crippen LogP contribution in [0.5, 0.6) is 0 Å². The zero-order valence-electron chi connectivity index (χ0n) is 17.0. The second-order valence-corrected chi connectivity index (χ2v) is 7.50. The van der Waals surface area contributed by atoms with Gasteiger partial charge in [0.15, 0.2) is 0 Å². The molecule has 3 unspecified atom stereocenters. The van der Waals surface area contributed by atoms with E-state index in [9.17, 15) is 8.78 Å². The van der Waals surface area contributed by atoms with Crippen molar-refractivity contribution in [2.75, 3.05) is 11.4 Å². The molecule has 11 heteroatoms. The Balaban J connectivity index is 1.56. The molecule has 1 aliphatic heterocycles. The summed E-state index contributed by atoms with van der Waals surface area (Å²) in [4.78, 5) is 18.2. The minimum atomic E-state index is -2.82. The maximum Gasteiger partial charge on any atom is 0.279 e. The van der Waals surface area contributed by atoms with Crippen molar-refractivity contribution in [2.24, 2.45) is 0 Å². The number of aromatic amines is 2. The van der Waals surface area contributed by atoms with Crippen LogP contribution in [0.2, 0.25) is 0 Å². The van der Waals surface area contributed by atoms with E-state index in [1.165, 1.54) is 12.4 Å². The lowest BCUT2D eigenvalue weighted by Crippen LogP contribution is -2.56. The Morgan fingerprint density at radius 3 is 2.84 bits per heavy atom. The van der Waals surface area contributed by atoms with Crippen LogP contribution in [-0.2, 0) is 0 Å². The van der Waals surface area contributed by atoms with Crippen molar-refractivity contribution in [3.8, 4) is 11.4 Å². The fourth-order valence-electron chi connectivity index (χ4n) is 3.69. The van der Waals surface area contributed by atoms with Crippen LogP contribution in [0.1, 0.15) is 31.3 Å². The van der Waals surface area contributed by atoms with Crippen molar-refractivity contribution in [1.82, 2.24) is 35.5 Å². The number of piperazine rings is 1. The van der Waals surface area contributed by atoms with Gasteiger partial charge in [0.2, 0.25) is 0 Å². The highest BCUT2D eigenvalue weighted by molar-refractivity contribution is 5.97. The van der Waals surface area contributed by atoms with E-state index in [4.69, 9.17) is 5.41 Å². The molecule has 31 heavy (non-hydrogen) atoms. The zero-order valence-corrected chi connectivity index (χ0v) is 17.0. The fraction of sp³-hybridized carbons (Fsp3) is 0.350. The second kappa shape index (κ2) is 8.72. The average molecular weight is 427 g/mol. The molecule has 162 valence electrons. The molecular weight excluding hydrogens is 404 g/mol. The van der Waals surface area contributed by atoms with Crippen molar-refractivity contribution < 1.29 is 8.78 Å². The van der Waals surface area contributed by atoms with Crippen LogP contribution in [0.4, 0.5) is 14.6 Å². The minimum absolute atomic E-state index is 0.0926. The normalized spacial score (nSPS) is 21.8. The van der Waals surface area contributed by atoms with Gasteiger partial charge in [0.25, 0.3) is 6.43 Å². The number of rotatable bonds is 6. The summed E-state index contributed by atoms with van der Waals surface area (Å²) in [6.45, 7) is 5.03. The molecule has 0 amide bonds. The molecule has 0 saturated carbocycles. The molecule has 0 bridgehead atoms. The van der Waals surface area contributed by atoms with Crippen LogP contribution >= 0.6 is 0 Å². The summed E-state index contributed by atoms with van der Waals surface area (Å²) in [5, 5.41) is 17.7. The molecule has 4 rings (SSSR count). The van der Waals surface area contributed by atoms with Crippen LogP contribution in [0.25, 0.3) is 17.5 Å². The predicted molar refractivity (Wildman–Crippen MR) is 113 cm³/mol. The van der Waals surface area contributed by atoms with Gasteiger partial charge in [0.1, 0.15) is 18.0 Å². The SMILES string of the molecule is CC1CN(c2cc(-c3cnc(/C=C\C(=N)C(F)F)[nH]3)ncn2)C(C)C(c2cn[nH]c2)N1. The monoisotopic (exact) mass is 427 g/mol. The Morgan fingerprint density at radius 2 is 2.10 bits per heavy atom. The summed E-state index contributed by atoms with van der Waals surface area (Å²) in [5.74, 6) is 1.15. The number of anilines is 1. The number of aromatic nitrogens is 6. The Morgan fingerprint density at radius 1 is 1.26 bits per heavy atom. The third-order valence-electron chi connectivity index (χ3n) is 5.26. The first-order chi connectivity index (χ1) is 14.9. The summed E-state index contributed by atoms with van der Waals surface area (Å²) in [5.41, 5.74) is 1.59. The van der Waals surface area contributed by atoms with E-state index in [2.05, 4.69) is 54.2 Å². The van der Waals surface area contributed by atoms with Gasteiger partial charge in [-0.15, -0.1) is 0 Å². The second-order valence-electron chi connectivity index (χ2n) is 7.50. The van der Waals surface area contributed by atoms with Gasteiger partial charge in [-0.2, -0.15) is 5.10 Å². The zero-order chi connectivity index (χ0) is 22.0. The number of imidazole rings is 1. The van der Waals surface area contributed by atoms with Crippen molar-refractivity contribution in [3.05, 3.63) is 48.4 Å². The Bertz CT molecular complexity index is 1060. The molecule has 0 aliphatic carbocycles. The van der Waals surface area contributed by atoms with Crippen LogP contribution < -0.4 is 10.2 Å². The lowest BCUT2D eigenvalue weighted by molar-refractivity contribution is 0.226. The predicted octanol–water partition coefficient (Wildman–Crippen LogP) is 2.82. The molecule has 3 aromatic heterocycles. The molecule has 3 aromatic rings. The van der Waals surface area contributed by atoms with Gasteiger partial charge in [-0.25, -0.2) is 23.7 Å². The van der Waals surface area contributed by atoms with E-state index in [-0.39, 0.29) is 18.1 Å². The molecule has 4 heterocycles. The van der Waals surface area contributed by atoms with Crippen molar-refractivity contribution in [1.29, 1.82) is 5.41 Å². The highest BCUT2D eigenvalue weighted by Crippen LogP contribution is 2.30. The number of hydrogen-bond acceptors (Lipinski definition) is 7. The van der Waals surface area contributed by atoms with E-state index in [0.717, 1.165) is 24.0 Å². The van der Waals surface area contributed by atoms with Gasteiger partial charge in [-0.05, 0) is 26.0 Å². The first-order valence-electron chi connectivity index (χ1n) is 9.86. The maximum absolute atomic E-state index is 12.5. The van der Waals surface area contributed by atoms with Crippen LogP contribution in [0.15, 0.2) is 37.1 Å². The Labute approximate surface area is 177 Å². The molecule has 1 fully saturated rings. The quantitative estimate of drug-likeness (QED) is 0.449. The molecule has 0 spiro atoms. The van der Waals surface area contributed by atoms with E-state index >= 15 is 0 Å². The number of alkyl halides is 2. The largest absolute Gasteiger partial charge is 0.350 e. The van der Waals surface area contributed by atoms with Crippen molar-refractivity contribution in [3.63, 3.8) is 0 Å². The lowest BCUT2D eigenvalue weighted by Gasteiger charge is -2.43. The molecule has 1 saturated heterocycles. The van der Waals surface area contributed by atoms with Crippen LogP contribution in [-0.4, -0.2) is 60.9 Å². The summed E-state index contributed by atoms with van der Waals surface area (Å²) < 4.78 is 24.9. The number of nitrogens with zero attached hydrogens (tertiary/aromatic N) is 5. The van der Waals surface area contributed by atoms with E-state index < -0.39 is 12.1 Å². The van der Waals surface area contributed by atoms with E-state index in [1.54, 1.807) is 6.20 Å². The summed E-state index contributed by atoms with van der Waals surface area (Å²) >= 11 is 0.